The Kier molecular flexibility index (Phi) is 8.04. The third-order valence-electron chi connectivity index (χ3n) is 5.14. The Hall–Kier alpha value is -0.420. The summed E-state index contributed by atoms with van der Waals surface area (Å²) >= 11 is 2.12. The van der Waals surface area contributed by atoms with Crippen LogP contribution in [0.4, 0.5) is 0 Å². The standard InChI is InChI=1S/C18H36N4S/c1-5-8-21-9-6-16(7-10-21)13-20-18(19-4)22-11-12-23-17(14-22)15(2)3/h15-17H,5-14H2,1-4H3,(H,19,20). The summed E-state index contributed by atoms with van der Waals surface area (Å²) in [7, 11) is 1.93. The number of guanidine groups is 1. The third kappa shape index (κ3) is 5.86. The quantitative estimate of drug-likeness (QED) is 0.616. The summed E-state index contributed by atoms with van der Waals surface area (Å²) < 4.78 is 0. The highest BCUT2D eigenvalue weighted by molar-refractivity contribution is 8.00. The van der Waals surface area contributed by atoms with Crippen molar-refractivity contribution in [3.8, 4) is 0 Å². The van der Waals surface area contributed by atoms with Crippen LogP contribution in [0.3, 0.4) is 0 Å². The van der Waals surface area contributed by atoms with Gasteiger partial charge in [0.2, 0.25) is 0 Å². The van der Waals surface area contributed by atoms with Gasteiger partial charge >= 0.3 is 0 Å². The summed E-state index contributed by atoms with van der Waals surface area (Å²) in [5.41, 5.74) is 0. The second-order valence-corrected chi connectivity index (χ2v) is 8.66. The molecule has 2 aliphatic rings. The van der Waals surface area contributed by atoms with Crippen LogP contribution in [-0.2, 0) is 0 Å². The Balaban J connectivity index is 1.75. The number of piperidine rings is 1. The molecule has 0 aromatic carbocycles. The third-order valence-corrected chi connectivity index (χ3v) is 6.68. The summed E-state index contributed by atoms with van der Waals surface area (Å²) in [6.07, 6.45) is 3.93. The van der Waals surface area contributed by atoms with Crippen LogP contribution in [-0.4, -0.2) is 73.1 Å². The zero-order valence-corrected chi connectivity index (χ0v) is 16.4. The van der Waals surface area contributed by atoms with E-state index in [0.29, 0.717) is 0 Å². The number of rotatable bonds is 5. The van der Waals surface area contributed by atoms with E-state index in [0.717, 1.165) is 42.7 Å². The second kappa shape index (κ2) is 9.77. The molecular weight excluding hydrogens is 304 g/mol. The highest BCUT2D eigenvalue weighted by atomic mass is 32.2. The van der Waals surface area contributed by atoms with Gasteiger partial charge in [-0.1, -0.05) is 20.8 Å². The molecule has 5 heteroatoms. The predicted octanol–water partition coefficient (Wildman–Crippen LogP) is 2.76. The number of nitrogens with zero attached hydrogens (tertiary/aromatic N) is 3. The summed E-state index contributed by atoms with van der Waals surface area (Å²) in [5.74, 6) is 3.88. The molecule has 2 aliphatic heterocycles. The number of hydrogen-bond donors (Lipinski definition) is 1. The highest BCUT2D eigenvalue weighted by Gasteiger charge is 2.25. The zero-order chi connectivity index (χ0) is 16.7. The van der Waals surface area contributed by atoms with Crippen LogP contribution in [0.25, 0.3) is 0 Å². The highest BCUT2D eigenvalue weighted by Crippen LogP contribution is 2.25. The van der Waals surface area contributed by atoms with Crippen molar-refractivity contribution in [3.63, 3.8) is 0 Å². The van der Waals surface area contributed by atoms with Gasteiger partial charge in [0.1, 0.15) is 0 Å². The van der Waals surface area contributed by atoms with Gasteiger partial charge in [0.15, 0.2) is 5.96 Å². The van der Waals surface area contributed by atoms with Crippen LogP contribution in [0.5, 0.6) is 0 Å². The Morgan fingerprint density at radius 2 is 2.00 bits per heavy atom. The van der Waals surface area contributed by atoms with Crippen molar-refractivity contribution >= 4 is 17.7 Å². The van der Waals surface area contributed by atoms with Crippen molar-refractivity contribution in [2.45, 2.75) is 45.3 Å². The van der Waals surface area contributed by atoms with E-state index in [-0.39, 0.29) is 0 Å². The van der Waals surface area contributed by atoms with Crippen molar-refractivity contribution < 1.29 is 0 Å². The SMILES string of the molecule is CCCN1CCC(CNC(=NC)N2CCSC(C(C)C)C2)CC1. The van der Waals surface area contributed by atoms with Crippen molar-refractivity contribution in [3.05, 3.63) is 0 Å². The summed E-state index contributed by atoms with van der Waals surface area (Å²) in [6, 6.07) is 0. The molecule has 1 atom stereocenters. The fourth-order valence-electron chi connectivity index (χ4n) is 3.57. The Labute approximate surface area is 147 Å². The first-order valence-corrected chi connectivity index (χ1v) is 10.5. The molecule has 1 unspecified atom stereocenters. The minimum atomic E-state index is 0.736. The van der Waals surface area contributed by atoms with Gasteiger partial charge in [-0.05, 0) is 50.7 Å². The van der Waals surface area contributed by atoms with Crippen LogP contribution >= 0.6 is 11.8 Å². The maximum atomic E-state index is 4.55. The molecule has 1 N–H and O–H groups in total. The van der Waals surface area contributed by atoms with E-state index in [4.69, 9.17) is 0 Å². The maximum Gasteiger partial charge on any atom is 0.193 e. The van der Waals surface area contributed by atoms with Gasteiger partial charge in [0.05, 0.1) is 0 Å². The molecule has 134 valence electrons. The van der Waals surface area contributed by atoms with Crippen molar-refractivity contribution in [1.29, 1.82) is 0 Å². The first-order valence-electron chi connectivity index (χ1n) is 9.43. The number of thioether (sulfide) groups is 1. The number of aliphatic imine (C=N–C) groups is 1. The van der Waals surface area contributed by atoms with Crippen LogP contribution in [0.2, 0.25) is 0 Å². The smallest absolute Gasteiger partial charge is 0.193 e. The molecule has 0 bridgehead atoms. The van der Waals surface area contributed by atoms with Crippen LogP contribution in [0.1, 0.15) is 40.0 Å². The lowest BCUT2D eigenvalue weighted by Gasteiger charge is -2.37. The molecule has 2 saturated heterocycles. The molecule has 2 rings (SSSR count). The topological polar surface area (TPSA) is 30.9 Å². The van der Waals surface area contributed by atoms with E-state index in [2.05, 4.69) is 52.6 Å². The molecule has 0 aliphatic carbocycles. The normalized spacial score (nSPS) is 25.2. The largest absolute Gasteiger partial charge is 0.356 e. The van der Waals surface area contributed by atoms with Gasteiger partial charge in [-0.2, -0.15) is 11.8 Å². The van der Waals surface area contributed by atoms with Gasteiger partial charge in [0, 0.05) is 37.7 Å². The lowest BCUT2D eigenvalue weighted by molar-refractivity contribution is 0.184. The van der Waals surface area contributed by atoms with E-state index in [1.54, 1.807) is 0 Å². The van der Waals surface area contributed by atoms with E-state index < -0.39 is 0 Å². The molecule has 0 amide bonds. The molecule has 0 radical (unpaired) electrons. The maximum absolute atomic E-state index is 4.55. The Morgan fingerprint density at radius 1 is 1.26 bits per heavy atom. The van der Waals surface area contributed by atoms with Crippen LogP contribution < -0.4 is 5.32 Å². The Bertz CT molecular complexity index is 364. The van der Waals surface area contributed by atoms with Gasteiger partial charge in [-0.15, -0.1) is 0 Å². The van der Waals surface area contributed by atoms with E-state index in [1.807, 2.05) is 7.05 Å². The average molecular weight is 341 g/mol. The fraction of sp³-hybridized carbons (Fsp3) is 0.944. The van der Waals surface area contributed by atoms with Crippen LogP contribution in [0.15, 0.2) is 4.99 Å². The molecule has 0 aromatic heterocycles. The number of likely N-dealkylation sites (tertiary alicyclic amines) is 1. The average Bonchev–Trinajstić information content (AvgIpc) is 2.57. The number of hydrogen-bond acceptors (Lipinski definition) is 3. The van der Waals surface area contributed by atoms with Gasteiger partial charge in [-0.3, -0.25) is 4.99 Å². The number of nitrogens with one attached hydrogen (secondary N) is 1. The molecule has 4 nitrogen and oxygen atoms in total. The lowest BCUT2D eigenvalue weighted by atomic mass is 9.97. The molecule has 0 spiro atoms. The van der Waals surface area contributed by atoms with Crippen molar-refractivity contribution in [1.82, 2.24) is 15.1 Å². The predicted molar refractivity (Wildman–Crippen MR) is 103 cm³/mol. The Morgan fingerprint density at radius 3 is 2.61 bits per heavy atom. The van der Waals surface area contributed by atoms with Gasteiger partial charge in [0.25, 0.3) is 0 Å². The van der Waals surface area contributed by atoms with Crippen molar-refractivity contribution in [2.75, 3.05) is 52.1 Å². The summed E-state index contributed by atoms with van der Waals surface area (Å²) in [4.78, 5) is 9.62. The minimum absolute atomic E-state index is 0.736. The van der Waals surface area contributed by atoms with E-state index >= 15 is 0 Å². The molecule has 0 aromatic rings. The first kappa shape index (κ1) is 18.9. The lowest BCUT2D eigenvalue weighted by Crippen LogP contribution is -2.50. The van der Waals surface area contributed by atoms with E-state index in [9.17, 15) is 0 Å². The summed E-state index contributed by atoms with van der Waals surface area (Å²) in [6.45, 7) is 14.1. The molecular formula is C18H36N4S. The minimum Gasteiger partial charge on any atom is -0.356 e. The molecule has 23 heavy (non-hydrogen) atoms. The molecule has 2 fully saturated rings. The molecule has 2 heterocycles. The monoisotopic (exact) mass is 340 g/mol. The zero-order valence-electron chi connectivity index (χ0n) is 15.6. The van der Waals surface area contributed by atoms with Gasteiger partial charge in [-0.25, -0.2) is 0 Å². The summed E-state index contributed by atoms with van der Waals surface area (Å²) in [5, 5.41) is 4.40. The fourth-order valence-corrected chi connectivity index (χ4v) is 4.87. The second-order valence-electron chi connectivity index (χ2n) is 7.31. The van der Waals surface area contributed by atoms with Gasteiger partial charge < -0.3 is 15.1 Å². The van der Waals surface area contributed by atoms with Crippen LogP contribution in [0, 0.1) is 11.8 Å². The molecule has 0 saturated carbocycles. The first-order chi connectivity index (χ1) is 11.1. The van der Waals surface area contributed by atoms with E-state index in [1.165, 1.54) is 44.6 Å². The van der Waals surface area contributed by atoms with Crippen molar-refractivity contribution in [2.24, 2.45) is 16.8 Å².